The van der Waals surface area contributed by atoms with Crippen molar-refractivity contribution >= 4 is 0 Å². The second kappa shape index (κ2) is 4.81. The maximum Gasteiger partial charge on any atom is 0.162 e. The largest absolute Gasteiger partial charge is 0.494 e. The summed E-state index contributed by atoms with van der Waals surface area (Å²) in [6.07, 6.45) is 0. The highest BCUT2D eigenvalue weighted by Crippen LogP contribution is 2.23. The standard InChI is InChI=1S/C12H13NO3/c1-2-15-10-5-3-4-9(6-10)12-7-11(8-14)16-13-12/h3-7,14H,2,8H2,1H3. The number of aliphatic hydroxyl groups is 1. The molecule has 1 aromatic carbocycles. The van der Waals surface area contributed by atoms with Crippen LogP contribution in [-0.2, 0) is 6.61 Å². The lowest BCUT2D eigenvalue weighted by Gasteiger charge is -2.03. The van der Waals surface area contributed by atoms with Gasteiger partial charge in [0.15, 0.2) is 5.76 Å². The summed E-state index contributed by atoms with van der Waals surface area (Å²) in [5.74, 6) is 1.25. The number of ether oxygens (including phenoxy) is 1. The van der Waals surface area contributed by atoms with Crippen LogP contribution in [0, 0.1) is 0 Å². The van der Waals surface area contributed by atoms with Gasteiger partial charge in [0.05, 0.1) is 6.61 Å². The number of nitrogens with zero attached hydrogens (tertiary/aromatic N) is 1. The predicted molar refractivity (Wildman–Crippen MR) is 59.0 cm³/mol. The van der Waals surface area contributed by atoms with Crippen LogP contribution in [-0.4, -0.2) is 16.9 Å². The molecule has 0 radical (unpaired) electrons. The average Bonchev–Trinajstić information content (AvgIpc) is 2.78. The van der Waals surface area contributed by atoms with Crippen molar-refractivity contribution in [2.24, 2.45) is 0 Å². The Labute approximate surface area is 93.5 Å². The molecular weight excluding hydrogens is 206 g/mol. The first-order valence-electron chi connectivity index (χ1n) is 5.13. The van der Waals surface area contributed by atoms with Gasteiger partial charge >= 0.3 is 0 Å². The third-order valence-corrected chi connectivity index (χ3v) is 2.16. The number of hydrogen-bond acceptors (Lipinski definition) is 4. The van der Waals surface area contributed by atoms with Crippen molar-refractivity contribution in [3.05, 3.63) is 36.1 Å². The van der Waals surface area contributed by atoms with Gasteiger partial charge in [0, 0.05) is 11.6 Å². The number of aromatic nitrogens is 1. The molecule has 0 amide bonds. The van der Waals surface area contributed by atoms with E-state index in [-0.39, 0.29) is 6.61 Å². The summed E-state index contributed by atoms with van der Waals surface area (Å²) in [7, 11) is 0. The molecular formula is C12H13NO3. The van der Waals surface area contributed by atoms with E-state index in [4.69, 9.17) is 14.4 Å². The smallest absolute Gasteiger partial charge is 0.162 e. The molecule has 1 heterocycles. The molecule has 0 fully saturated rings. The predicted octanol–water partition coefficient (Wildman–Crippen LogP) is 2.23. The molecule has 0 aliphatic rings. The molecule has 84 valence electrons. The van der Waals surface area contributed by atoms with E-state index in [9.17, 15) is 0 Å². The van der Waals surface area contributed by atoms with Crippen LogP contribution in [0.4, 0.5) is 0 Å². The van der Waals surface area contributed by atoms with Gasteiger partial charge in [-0.1, -0.05) is 17.3 Å². The topological polar surface area (TPSA) is 55.5 Å². The van der Waals surface area contributed by atoms with Gasteiger partial charge in [-0.25, -0.2) is 0 Å². The normalized spacial score (nSPS) is 10.4. The van der Waals surface area contributed by atoms with Crippen molar-refractivity contribution in [2.75, 3.05) is 6.61 Å². The van der Waals surface area contributed by atoms with Gasteiger partial charge in [-0.15, -0.1) is 0 Å². The van der Waals surface area contributed by atoms with Crippen LogP contribution in [0.1, 0.15) is 12.7 Å². The Morgan fingerprint density at radius 1 is 1.38 bits per heavy atom. The Bertz CT molecular complexity index is 465. The Hall–Kier alpha value is -1.81. The van der Waals surface area contributed by atoms with Crippen molar-refractivity contribution in [1.29, 1.82) is 0 Å². The molecule has 0 bridgehead atoms. The maximum absolute atomic E-state index is 8.88. The molecule has 0 spiro atoms. The van der Waals surface area contributed by atoms with Crippen molar-refractivity contribution in [2.45, 2.75) is 13.5 Å². The van der Waals surface area contributed by atoms with E-state index < -0.39 is 0 Å². The third kappa shape index (κ3) is 2.23. The van der Waals surface area contributed by atoms with E-state index in [0.717, 1.165) is 11.3 Å². The molecule has 0 unspecified atom stereocenters. The summed E-state index contributed by atoms with van der Waals surface area (Å²) in [5.41, 5.74) is 1.61. The summed E-state index contributed by atoms with van der Waals surface area (Å²) < 4.78 is 10.3. The molecule has 4 nitrogen and oxygen atoms in total. The fraction of sp³-hybridized carbons (Fsp3) is 0.250. The first-order chi connectivity index (χ1) is 7.83. The van der Waals surface area contributed by atoms with E-state index in [2.05, 4.69) is 5.16 Å². The molecule has 1 N–H and O–H groups in total. The fourth-order valence-corrected chi connectivity index (χ4v) is 1.44. The molecule has 0 aliphatic carbocycles. The van der Waals surface area contributed by atoms with Crippen molar-refractivity contribution < 1.29 is 14.4 Å². The summed E-state index contributed by atoms with van der Waals surface area (Å²) in [4.78, 5) is 0. The van der Waals surface area contributed by atoms with E-state index in [1.54, 1.807) is 6.07 Å². The lowest BCUT2D eigenvalue weighted by molar-refractivity contribution is 0.229. The summed E-state index contributed by atoms with van der Waals surface area (Å²) in [6, 6.07) is 9.31. The van der Waals surface area contributed by atoms with Gasteiger partial charge < -0.3 is 14.4 Å². The van der Waals surface area contributed by atoms with Crippen molar-refractivity contribution in [3.8, 4) is 17.0 Å². The number of rotatable bonds is 4. The van der Waals surface area contributed by atoms with Crippen LogP contribution in [0.3, 0.4) is 0 Å². The highest BCUT2D eigenvalue weighted by Gasteiger charge is 2.06. The van der Waals surface area contributed by atoms with Gasteiger partial charge in [-0.05, 0) is 19.1 Å². The quantitative estimate of drug-likeness (QED) is 0.856. The molecule has 0 saturated heterocycles. The Kier molecular flexibility index (Phi) is 3.22. The molecule has 1 aromatic heterocycles. The van der Waals surface area contributed by atoms with E-state index in [1.807, 2.05) is 31.2 Å². The second-order valence-corrected chi connectivity index (χ2v) is 3.30. The van der Waals surface area contributed by atoms with E-state index in [0.29, 0.717) is 18.1 Å². The molecule has 0 atom stereocenters. The van der Waals surface area contributed by atoms with Crippen LogP contribution in [0.15, 0.2) is 34.9 Å². The van der Waals surface area contributed by atoms with Gasteiger partial charge in [0.2, 0.25) is 0 Å². The first kappa shape index (κ1) is 10.7. The highest BCUT2D eigenvalue weighted by atomic mass is 16.5. The molecule has 4 heteroatoms. The molecule has 16 heavy (non-hydrogen) atoms. The Morgan fingerprint density at radius 3 is 2.94 bits per heavy atom. The minimum Gasteiger partial charge on any atom is -0.494 e. The van der Waals surface area contributed by atoms with Crippen LogP contribution in [0.25, 0.3) is 11.3 Å². The Morgan fingerprint density at radius 2 is 2.25 bits per heavy atom. The minimum atomic E-state index is -0.141. The maximum atomic E-state index is 8.88. The lowest BCUT2D eigenvalue weighted by Crippen LogP contribution is -1.91. The average molecular weight is 219 g/mol. The molecule has 2 rings (SSSR count). The lowest BCUT2D eigenvalue weighted by atomic mass is 10.1. The van der Waals surface area contributed by atoms with Crippen LogP contribution in [0.5, 0.6) is 5.75 Å². The minimum absolute atomic E-state index is 0.141. The number of benzene rings is 1. The van der Waals surface area contributed by atoms with Crippen LogP contribution in [0.2, 0.25) is 0 Å². The zero-order chi connectivity index (χ0) is 11.4. The van der Waals surface area contributed by atoms with E-state index >= 15 is 0 Å². The first-order valence-corrected chi connectivity index (χ1v) is 5.13. The highest BCUT2D eigenvalue weighted by molar-refractivity contribution is 5.60. The number of aliphatic hydroxyl groups excluding tert-OH is 1. The third-order valence-electron chi connectivity index (χ3n) is 2.16. The van der Waals surface area contributed by atoms with Gasteiger partial charge in [-0.2, -0.15) is 0 Å². The van der Waals surface area contributed by atoms with Crippen molar-refractivity contribution in [3.63, 3.8) is 0 Å². The monoisotopic (exact) mass is 219 g/mol. The van der Waals surface area contributed by atoms with E-state index in [1.165, 1.54) is 0 Å². The summed E-state index contributed by atoms with van der Waals surface area (Å²) >= 11 is 0. The number of hydrogen-bond donors (Lipinski definition) is 1. The summed E-state index contributed by atoms with van der Waals surface area (Å²) in [5, 5.41) is 12.7. The van der Waals surface area contributed by atoms with Gasteiger partial charge in [0.1, 0.15) is 18.1 Å². The molecule has 2 aromatic rings. The summed E-state index contributed by atoms with van der Waals surface area (Å²) in [6.45, 7) is 2.43. The van der Waals surface area contributed by atoms with Gasteiger partial charge in [-0.3, -0.25) is 0 Å². The molecule has 0 saturated carbocycles. The zero-order valence-electron chi connectivity index (χ0n) is 9.01. The van der Waals surface area contributed by atoms with Gasteiger partial charge in [0.25, 0.3) is 0 Å². The zero-order valence-corrected chi connectivity index (χ0v) is 9.01. The van der Waals surface area contributed by atoms with Crippen LogP contribution >= 0.6 is 0 Å². The second-order valence-electron chi connectivity index (χ2n) is 3.30. The molecule has 0 aliphatic heterocycles. The van der Waals surface area contributed by atoms with Crippen LogP contribution < -0.4 is 4.74 Å². The Balaban J connectivity index is 2.28. The fourth-order valence-electron chi connectivity index (χ4n) is 1.44. The van der Waals surface area contributed by atoms with Crippen molar-refractivity contribution in [1.82, 2.24) is 5.16 Å². The SMILES string of the molecule is CCOc1cccc(-c2cc(CO)on2)c1.